The molecule has 4 aromatic rings. The van der Waals surface area contributed by atoms with Gasteiger partial charge in [0.25, 0.3) is 5.91 Å². The molecule has 6 saturated heterocycles. The highest BCUT2D eigenvalue weighted by atomic mass is 32.1. The van der Waals surface area contributed by atoms with Crippen LogP contribution >= 0.6 is 11.3 Å². The summed E-state index contributed by atoms with van der Waals surface area (Å²) < 4.78 is 33.0. The van der Waals surface area contributed by atoms with Crippen molar-refractivity contribution in [2.24, 2.45) is 10.8 Å². The molecule has 3 aromatic heterocycles. The Morgan fingerprint density at radius 1 is 0.947 bits per heavy atom. The number of cyclic esters (lactones) is 1. The van der Waals surface area contributed by atoms with Crippen LogP contribution in [0.15, 0.2) is 35.8 Å². The number of hydrogen-bond donors (Lipinski definition) is 2. The first-order valence-corrected chi connectivity index (χ1v) is 29.1. The standard InChI is InChI=1S/C57H78N10O8S/c1-36(71-5)48-42(27-39(29-58-48)64-20-18-63(19-21-64)38-11-12-38)50-43-28-56(2,3)33-75-55(70)44-8-6-17-67(61-44)54(69)49(60-52(68)47-9-7-16-62(47)4)51(65-31-57(32-65)34-73-35-57)53-59-45(30-76-53)37-10-13-46(41(43)26-37)66(50)22-25-74-40-14-23-72-24-15-40/h10,13,26-27,29-30,36,38,40,44,47,49,51,61H,6-9,11-12,14-25,28,31-35H2,1-5H3,(H,60,68)/t36-,44-,47+,49-,51-/m0/s1. The van der Waals surface area contributed by atoms with Gasteiger partial charge in [0.2, 0.25) is 5.91 Å². The maximum Gasteiger partial charge on any atom is 0.324 e. The molecule has 1 aliphatic carbocycles. The van der Waals surface area contributed by atoms with Gasteiger partial charge in [-0.05, 0) is 102 Å². The fourth-order valence-electron chi connectivity index (χ4n) is 13.1. The molecule has 7 aliphatic heterocycles. The molecule has 0 radical (unpaired) electrons. The number of fused-ring (bicyclic) bond motifs is 6. The van der Waals surface area contributed by atoms with Crippen LogP contribution in [-0.2, 0) is 51.0 Å². The van der Waals surface area contributed by atoms with E-state index >= 15 is 4.79 Å². The maximum absolute atomic E-state index is 15.3. The third-order valence-corrected chi connectivity index (χ3v) is 18.6. The normalized spacial score (nSPS) is 27.3. The largest absolute Gasteiger partial charge is 0.464 e. The second-order valence-electron chi connectivity index (χ2n) is 24.0. The molecule has 1 spiro atoms. The van der Waals surface area contributed by atoms with Gasteiger partial charge in [0.05, 0.1) is 79.7 Å². The minimum Gasteiger partial charge on any atom is -0.464 e. The molecule has 2 N–H and O–H groups in total. The number of anilines is 1. The first-order valence-electron chi connectivity index (χ1n) is 28.2. The van der Waals surface area contributed by atoms with Crippen molar-refractivity contribution in [1.29, 1.82) is 0 Å². The Kier molecular flexibility index (Phi) is 14.8. The summed E-state index contributed by atoms with van der Waals surface area (Å²) in [6.45, 7) is 17.0. The zero-order valence-corrected chi connectivity index (χ0v) is 46.0. The minimum absolute atomic E-state index is 0.0184. The Bertz CT molecular complexity index is 2770. The van der Waals surface area contributed by atoms with E-state index in [1.165, 1.54) is 24.2 Å². The molecule has 6 bridgehead atoms. The van der Waals surface area contributed by atoms with Crippen LogP contribution in [-0.4, -0.2) is 188 Å². The van der Waals surface area contributed by atoms with Crippen LogP contribution < -0.4 is 15.6 Å². The van der Waals surface area contributed by atoms with Gasteiger partial charge >= 0.3 is 5.97 Å². The fourth-order valence-corrected chi connectivity index (χ4v) is 14.1. The number of hydrogen-bond acceptors (Lipinski definition) is 16. The van der Waals surface area contributed by atoms with Crippen molar-refractivity contribution in [3.05, 3.63) is 52.1 Å². The van der Waals surface area contributed by atoms with Crippen molar-refractivity contribution in [1.82, 2.24) is 45.0 Å². The van der Waals surface area contributed by atoms with Gasteiger partial charge in [-0.3, -0.25) is 39.1 Å². The van der Waals surface area contributed by atoms with Gasteiger partial charge in [0.1, 0.15) is 17.1 Å². The monoisotopic (exact) mass is 1060 g/mol. The van der Waals surface area contributed by atoms with Crippen molar-refractivity contribution >= 4 is 45.7 Å². The summed E-state index contributed by atoms with van der Waals surface area (Å²) in [5.41, 5.74) is 10.7. The predicted octanol–water partition coefficient (Wildman–Crippen LogP) is 5.59. The molecule has 2 amide bonds. The quantitative estimate of drug-likeness (QED) is 0.169. The number of hydrazine groups is 1. The molecule has 12 rings (SSSR count). The van der Waals surface area contributed by atoms with Crippen LogP contribution in [0.5, 0.6) is 0 Å². The van der Waals surface area contributed by atoms with Crippen molar-refractivity contribution in [2.45, 2.75) is 128 Å². The summed E-state index contributed by atoms with van der Waals surface area (Å²) in [7, 11) is 3.72. The molecule has 410 valence electrons. The number of nitrogens with zero attached hydrogens (tertiary/aromatic N) is 8. The molecule has 18 nitrogen and oxygen atoms in total. The molecule has 8 aliphatic rings. The molecule has 1 aromatic carbocycles. The SMILES string of the molecule is CO[C@@H](C)c1ncc(N2CCN(C3CC3)CC2)cc1-c1c2c3cc(ccc3n1CCOC1CCOCC1)-c1csc(n1)[C@@H](N1CC3(COC3)C1)[C@H](NC(=O)[C@H]1CCCN1C)C(=O)N1CCC[C@H](N1)C(=O)OCC(C)(C)C2. The van der Waals surface area contributed by atoms with Crippen molar-refractivity contribution in [3.8, 4) is 22.5 Å². The number of esters is 1. The van der Waals surface area contributed by atoms with E-state index in [4.69, 9.17) is 33.7 Å². The summed E-state index contributed by atoms with van der Waals surface area (Å²) in [4.78, 5) is 64.3. The lowest BCUT2D eigenvalue weighted by Crippen LogP contribution is -2.70. The average molecular weight is 1060 g/mol. The van der Waals surface area contributed by atoms with Gasteiger partial charge in [0, 0.05) is 117 Å². The molecule has 10 heterocycles. The number of pyridine rings is 1. The van der Waals surface area contributed by atoms with Crippen LogP contribution in [0.4, 0.5) is 5.69 Å². The highest BCUT2D eigenvalue weighted by Gasteiger charge is 2.55. The first kappa shape index (κ1) is 52.1. The Morgan fingerprint density at radius 2 is 1.74 bits per heavy atom. The van der Waals surface area contributed by atoms with Gasteiger partial charge in [0.15, 0.2) is 0 Å². The van der Waals surface area contributed by atoms with E-state index in [9.17, 15) is 9.59 Å². The van der Waals surface area contributed by atoms with E-state index in [2.05, 4.69) is 85.3 Å². The van der Waals surface area contributed by atoms with Gasteiger partial charge in [-0.2, -0.15) is 0 Å². The number of piperazine rings is 1. The van der Waals surface area contributed by atoms with Crippen LogP contribution in [0.1, 0.15) is 101 Å². The zero-order valence-electron chi connectivity index (χ0n) is 45.2. The maximum atomic E-state index is 15.3. The number of nitrogens with one attached hydrogen (secondary N) is 2. The number of benzene rings is 1. The Labute approximate surface area is 451 Å². The van der Waals surface area contributed by atoms with Gasteiger partial charge in [-0.15, -0.1) is 11.3 Å². The lowest BCUT2D eigenvalue weighted by atomic mass is 9.76. The van der Waals surface area contributed by atoms with Crippen molar-refractivity contribution in [2.75, 3.05) is 111 Å². The number of methoxy groups -OCH3 is 1. The molecule has 7 fully saturated rings. The predicted molar refractivity (Wildman–Crippen MR) is 290 cm³/mol. The van der Waals surface area contributed by atoms with Crippen LogP contribution in [0.3, 0.4) is 0 Å². The molecule has 0 unspecified atom stereocenters. The topological polar surface area (TPSA) is 168 Å². The average Bonchev–Trinajstić information content (AvgIpc) is 3.96. The molecule has 5 atom stereocenters. The van der Waals surface area contributed by atoms with Crippen LogP contribution in [0.25, 0.3) is 33.4 Å². The molecule has 19 heteroatoms. The summed E-state index contributed by atoms with van der Waals surface area (Å²) in [5, 5.41) is 8.80. The van der Waals surface area contributed by atoms with E-state index < -0.39 is 29.5 Å². The third-order valence-electron chi connectivity index (χ3n) is 17.7. The number of carbonyl (C=O) groups excluding carboxylic acids is 3. The molecular formula is C57H78N10O8S. The Morgan fingerprint density at radius 3 is 2.46 bits per heavy atom. The van der Waals surface area contributed by atoms with Crippen molar-refractivity contribution < 1.29 is 38.1 Å². The lowest BCUT2D eigenvalue weighted by Gasteiger charge is -2.58. The fraction of sp³-hybridized carbons (Fsp3) is 0.667. The number of ether oxygens (including phenoxy) is 5. The first-order chi connectivity index (χ1) is 36.8. The van der Waals surface area contributed by atoms with E-state index in [0.717, 1.165) is 120 Å². The number of rotatable bonds is 12. The zero-order chi connectivity index (χ0) is 52.3. The van der Waals surface area contributed by atoms with Crippen molar-refractivity contribution in [3.63, 3.8) is 0 Å². The van der Waals surface area contributed by atoms with E-state index in [0.29, 0.717) is 78.5 Å². The highest BCUT2D eigenvalue weighted by molar-refractivity contribution is 7.10. The number of thiazole rings is 1. The summed E-state index contributed by atoms with van der Waals surface area (Å²) in [6.07, 6.45) is 9.48. The third kappa shape index (κ3) is 10.4. The van der Waals surface area contributed by atoms with E-state index in [-0.39, 0.29) is 42.1 Å². The van der Waals surface area contributed by atoms with Crippen LogP contribution in [0.2, 0.25) is 0 Å². The van der Waals surface area contributed by atoms with E-state index in [1.807, 2.05) is 13.2 Å². The number of amides is 2. The Hall–Kier alpha value is -4.57. The number of aromatic nitrogens is 3. The molecule has 76 heavy (non-hydrogen) atoms. The van der Waals surface area contributed by atoms with Gasteiger partial charge < -0.3 is 38.5 Å². The summed E-state index contributed by atoms with van der Waals surface area (Å²) in [6, 6.07) is 7.09. The molecular weight excluding hydrogens is 985 g/mol. The number of carbonyl (C=O) groups is 3. The molecule has 1 saturated carbocycles. The smallest absolute Gasteiger partial charge is 0.324 e. The second-order valence-corrected chi connectivity index (χ2v) is 24.8. The van der Waals surface area contributed by atoms with Crippen LogP contribution in [0, 0.1) is 10.8 Å². The lowest BCUT2D eigenvalue weighted by molar-refractivity contribution is -0.202. The highest BCUT2D eigenvalue weighted by Crippen LogP contribution is 2.47. The van der Waals surface area contributed by atoms with E-state index in [1.54, 1.807) is 12.1 Å². The number of likely N-dealkylation sites (tertiary alicyclic amines) is 2. The second kappa shape index (κ2) is 21.6. The number of likely N-dealkylation sites (N-methyl/N-ethyl adjacent to an activating group) is 1. The van der Waals surface area contributed by atoms with Gasteiger partial charge in [-0.25, -0.2) is 10.4 Å². The van der Waals surface area contributed by atoms with Gasteiger partial charge in [-0.1, -0.05) is 19.9 Å². The minimum atomic E-state index is -0.983. The summed E-state index contributed by atoms with van der Waals surface area (Å²) in [5.74, 6) is -0.862. The Balaban J connectivity index is 1.00. The summed E-state index contributed by atoms with van der Waals surface area (Å²) >= 11 is 1.53.